The first-order chi connectivity index (χ1) is 10.7. The van der Waals surface area contributed by atoms with Crippen molar-refractivity contribution in [3.05, 3.63) is 87.9 Å². The molecule has 3 nitrogen and oxygen atoms in total. The highest BCUT2D eigenvalue weighted by Gasteiger charge is 2.21. The third-order valence-electron chi connectivity index (χ3n) is 3.43. The minimum atomic E-state index is -0.388. The Bertz CT molecular complexity index is 817. The molecule has 0 saturated heterocycles. The first-order valence-electron chi connectivity index (χ1n) is 6.75. The van der Waals surface area contributed by atoms with Gasteiger partial charge in [-0.25, -0.2) is 0 Å². The first-order valence-corrected chi connectivity index (χ1v) is 7.13. The third kappa shape index (κ3) is 2.71. The maximum atomic E-state index is 11.5. The topological polar surface area (TPSA) is 43.1 Å². The van der Waals surface area contributed by atoms with Gasteiger partial charge >= 0.3 is 0 Å². The lowest BCUT2D eigenvalue weighted by Gasteiger charge is -2.11. The molecule has 0 aliphatic rings. The molecule has 0 N–H and O–H groups in total. The van der Waals surface area contributed by atoms with Crippen LogP contribution < -0.4 is 0 Å². The smallest absolute Gasteiger partial charge is 0.258 e. The average molecular weight is 310 g/mol. The standard InChI is InChI=1S/C18H12ClNO2/c19-15-11-16(13-7-3-1-4-8-13)18(17(12-15)20(21)22)14-9-5-2-6-10-14/h1-12H. The molecule has 3 rings (SSSR count). The summed E-state index contributed by atoms with van der Waals surface area (Å²) in [6.45, 7) is 0. The summed E-state index contributed by atoms with van der Waals surface area (Å²) < 4.78 is 0. The van der Waals surface area contributed by atoms with E-state index in [1.54, 1.807) is 6.07 Å². The highest BCUT2D eigenvalue weighted by molar-refractivity contribution is 6.31. The molecule has 0 aliphatic carbocycles. The second-order valence-corrected chi connectivity index (χ2v) is 5.27. The molecular weight excluding hydrogens is 298 g/mol. The normalized spacial score (nSPS) is 10.4. The fraction of sp³-hybridized carbons (Fsp3) is 0. The zero-order valence-corrected chi connectivity index (χ0v) is 12.3. The van der Waals surface area contributed by atoms with Crippen molar-refractivity contribution in [2.75, 3.05) is 0 Å². The number of nitrogens with zero attached hydrogens (tertiary/aromatic N) is 1. The minimum absolute atomic E-state index is 0.0116. The molecule has 0 heterocycles. The van der Waals surface area contributed by atoms with Crippen LogP contribution >= 0.6 is 11.6 Å². The lowest BCUT2D eigenvalue weighted by Crippen LogP contribution is -1.95. The molecule has 22 heavy (non-hydrogen) atoms. The van der Waals surface area contributed by atoms with Crippen LogP contribution in [0.5, 0.6) is 0 Å². The molecule has 108 valence electrons. The van der Waals surface area contributed by atoms with Gasteiger partial charge in [0.1, 0.15) is 0 Å². The molecule has 0 fully saturated rings. The van der Waals surface area contributed by atoms with E-state index < -0.39 is 0 Å². The van der Waals surface area contributed by atoms with Gasteiger partial charge in [0.05, 0.1) is 10.5 Å². The molecular formula is C18H12ClNO2. The summed E-state index contributed by atoms with van der Waals surface area (Å²) in [4.78, 5) is 11.1. The minimum Gasteiger partial charge on any atom is -0.258 e. The lowest BCUT2D eigenvalue weighted by molar-refractivity contribution is -0.384. The molecule has 0 unspecified atom stereocenters. The van der Waals surface area contributed by atoms with Crippen LogP contribution in [0.4, 0.5) is 5.69 Å². The number of nitro groups is 1. The average Bonchev–Trinajstić information content (AvgIpc) is 2.55. The van der Waals surface area contributed by atoms with Crippen molar-refractivity contribution in [2.24, 2.45) is 0 Å². The number of rotatable bonds is 3. The Hall–Kier alpha value is -2.65. The number of hydrogen-bond acceptors (Lipinski definition) is 2. The molecule has 0 aliphatic heterocycles. The first kappa shape index (κ1) is 14.3. The lowest BCUT2D eigenvalue weighted by atomic mass is 9.93. The summed E-state index contributed by atoms with van der Waals surface area (Å²) >= 11 is 6.10. The van der Waals surface area contributed by atoms with Gasteiger partial charge < -0.3 is 0 Å². The van der Waals surface area contributed by atoms with E-state index in [0.717, 1.165) is 16.7 Å². The van der Waals surface area contributed by atoms with Crippen molar-refractivity contribution in [1.82, 2.24) is 0 Å². The van der Waals surface area contributed by atoms with Crippen LogP contribution in [0.15, 0.2) is 72.8 Å². The Morgan fingerprint density at radius 2 is 1.36 bits per heavy atom. The molecule has 0 saturated carbocycles. The van der Waals surface area contributed by atoms with Gasteiger partial charge in [0.25, 0.3) is 5.69 Å². The van der Waals surface area contributed by atoms with E-state index in [1.165, 1.54) is 6.07 Å². The summed E-state index contributed by atoms with van der Waals surface area (Å²) in [5.74, 6) is 0. The van der Waals surface area contributed by atoms with Crippen LogP contribution in [0, 0.1) is 10.1 Å². The van der Waals surface area contributed by atoms with Gasteiger partial charge in [-0.1, -0.05) is 72.3 Å². The van der Waals surface area contributed by atoms with Gasteiger partial charge in [0, 0.05) is 11.1 Å². The summed E-state index contributed by atoms with van der Waals surface area (Å²) in [6.07, 6.45) is 0. The molecule has 3 aromatic rings. The van der Waals surface area contributed by atoms with Crippen molar-refractivity contribution in [2.45, 2.75) is 0 Å². The second kappa shape index (κ2) is 6.00. The summed E-state index contributed by atoms with van der Waals surface area (Å²) in [5, 5.41) is 11.8. The van der Waals surface area contributed by atoms with Crippen molar-refractivity contribution >= 4 is 17.3 Å². The molecule has 0 aromatic heterocycles. The number of halogens is 1. The van der Waals surface area contributed by atoms with E-state index in [4.69, 9.17) is 11.6 Å². The predicted molar refractivity (Wildman–Crippen MR) is 89.0 cm³/mol. The summed E-state index contributed by atoms with van der Waals surface area (Å²) in [5.41, 5.74) is 3.04. The zero-order valence-electron chi connectivity index (χ0n) is 11.6. The highest BCUT2D eigenvalue weighted by Crippen LogP contribution is 2.41. The Morgan fingerprint density at radius 3 is 1.91 bits per heavy atom. The van der Waals surface area contributed by atoms with E-state index in [-0.39, 0.29) is 10.6 Å². The van der Waals surface area contributed by atoms with Crippen molar-refractivity contribution in [3.63, 3.8) is 0 Å². The molecule has 3 aromatic carbocycles. The Kier molecular flexibility index (Phi) is 3.90. The Morgan fingerprint density at radius 1 is 0.818 bits per heavy atom. The maximum Gasteiger partial charge on any atom is 0.279 e. The summed E-state index contributed by atoms with van der Waals surface area (Å²) in [6, 6.07) is 22.0. The molecule has 4 heteroatoms. The fourth-order valence-electron chi connectivity index (χ4n) is 2.49. The van der Waals surface area contributed by atoms with Gasteiger partial charge in [-0.05, 0) is 22.8 Å². The van der Waals surface area contributed by atoms with Gasteiger partial charge in [0.15, 0.2) is 0 Å². The molecule has 0 atom stereocenters. The maximum absolute atomic E-state index is 11.5. The Labute approximate surface area is 133 Å². The van der Waals surface area contributed by atoms with Crippen molar-refractivity contribution in [3.8, 4) is 22.3 Å². The molecule has 0 radical (unpaired) electrons. The molecule has 0 amide bonds. The SMILES string of the molecule is O=[N+]([O-])c1cc(Cl)cc(-c2ccccc2)c1-c1ccccc1. The monoisotopic (exact) mass is 309 g/mol. The zero-order chi connectivity index (χ0) is 15.5. The van der Waals surface area contributed by atoms with Crippen LogP contribution in [-0.2, 0) is 0 Å². The van der Waals surface area contributed by atoms with Crippen molar-refractivity contribution in [1.29, 1.82) is 0 Å². The van der Waals surface area contributed by atoms with E-state index in [2.05, 4.69) is 0 Å². The van der Waals surface area contributed by atoms with Crippen LogP contribution in [0.3, 0.4) is 0 Å². The quantitative estimate of drug-likeness (QED) is 0.468. The van der Waals surface area contributed by atoms with Gasteiger partial charge in [-0.15, -0.1) is 0 Å². The van der Waals surface area contributed by atoms with E-state index >= 15 is 0 Å². The van der Waals surface area contributed by atoms with Crippen molar-refractivity contribution < 1.29 is 4.92 Å². The van der Waals surface area contributed by atoms with Gasteiger partial charge in [-0.3, -0.25) is 10.1 Å². The largest absolute Gasteiger partial charge is 0.279 e. The van der Waals surface area contributed by atoms with Crippen LogP contribution in [0.25, 0.3) is 22.3 Å². The fourth-order valence-corrected chi connectivity index (χ4v) is 2.70. The number of benzene rings is 3. The molecule has 0 bridgehead atoms. The van der Waals surface area contributed by atoms with Crippen LogP contribution in [0.2, 0.25) is 5.02 Å². The Balaban J connectivity index is 2.36. The van der Waals surface area contributed by atoms with E-state index in [1.807, 2.05) is 60.7 Å². The van der Waals surface area contributed by atoms with E-state index in [0.29, 0.717) is 10.6 Å². The third-order valence-corrected chi connectivity index (χ3v) is 3.64. The summed E-state index contributed by atoms with van der Waals surface area (Å²) in [7, 11) is 0. The van der Waals surface area contributed by atoms with E-state index in [9.17, 15) is 10.1 Å². The predicted octanol–water partition coefficient (Wildman–Crippen LogP) is 5.58. The molecule has 0 spiro atoms. The van der Waals surface area contributed by atoms with Crippen LogP contribution in [0.1, 0.15) is 0 Å². The highest BCUT2D eigenvalue weighted by atomic mass is 35.5. The number of nitro benzene ring substituents is 1. The second-order valence-electron chi connectivity index (χ2n) is 4.84. The van der Waals surface area contributed by atoms with Crippen LogP contribution in [-0.4, -0.2) is 4.92 Å². The number of hydrogen-bond donors (Lipinski definition) is 0. The van der Waals surface area contributed by atoms with Gasteiger partial charge in [0.2, 0.25) is 0 Å². The van der Waals surface area contributed by atoms with Gasteiger partial charge in [-0.2, -0.15) is 0 Å².